The van der Waals surface area contributed by atoms with Crippen LogP contribution in [0.2, 0.25) is 0 Å². The Labute approximate surface area is 174 Å². The number of nitrogens with one attached hydrogen (secondary N) is 1. The molecule has 2 atom stereocenters. The maximum Gasteiger partial charge on any atom is 0.254 e. The number of thioether (sulfide) groups is 1. The molecule has 1 saturated carbocycles. The Morgan fingerprint density at radius 1 is 1.14 bits per heavy atom. The highest BCUT2D eigenvalue weighted by Crippen LogP contribution is 2.36. The number of carbonyl (C=O) groups is 2. The molecule has 1 N–H and O–H groups in total. The average Bonchev–Trinajstić information content (AvgIpc) is 3.16. The van der Waals surface area contributed by atoms with E-state index in [4.69, 9.17) is 0 Å². The molecule has 2 fully saturated rings. The Kier molecular flexibility index (Phi) is 6.13. The summed E-state index contributed by atoms with van der Waals surface area (Å²) in [4.78, 5) is 27.3. The third-order valence-electron chi connectivity index (χ3n) is 5.83. The van der Waals surface area contributed by atoms with Gasteiger partial charge in [-0.15, -0.1) is 5.10 Å². The van der Waals surface area contributed by atoms with E-state index >= 15 is 0 Å². The standard InChI is InChI=1S/C20H26N6O2S/c1-25-20(22-23-24-25)29-13-18(27)21-16-10-8-15(9-11-16)19(28)26-12-4-6-14-5-2-3-7-17(14)26/h8-11,14,17H,2-7,12-13H2,1H3,(H,21,27)/t14-,17-/m1/s1. The van der Waals surface area contributed by atoms with Crippen molar-refractivity contribution in [1.29, 1.82) is 0 Å². The van der Waals surface area contributed by atoms with Crippen LogP contribution in [-0.4, -0.2) is 55.3 Å². The van der Waals surface area contributed by atoms with Gasteiger partial charge in [-0.1, -0.05) is 24.6 Å². The molecule has 1 saturated heterocycles. The lowest BCUT2D eigenvalue weighted by Gasteiger charge is -2.44. The topological polar surface area (TPSA) is 93.0 Å². The van der Waals surface area contributed by atoms with Crippen LogP contribution in [0.1, 0.15) is 48.9 Å². The number of fused-ring (bicyclic) bond motifs is 1. The van der Waals surface area contributed by atoms with Crippen LogP contribution in [0.5, 0.6) is 0 Å². The average molecular weight is 415 g/mol. The van der Waals surface area contributed by atoms with Crippen LogP contribution in [-0.2, 0) is 11.8 Å². The molecule has 0 bridgehead atoms. The molecule has 1 aliphatic heterocycles. The van der Waals surface area contributed by atoms with Crippen LogP contribution in [0.15, 0.2) is 29.4 Å². The maximum absolute atomic E-state index is 13.1. The lowest BCUT2D eigenvalue weighted by molar-refractivity contribution is -0.113. The number of piperidine rings is 1. The molecule has 9 heteroatoms. The van der Waals surface area contributed by atoms with Crippen molar-refractivity contribution >= 4 is 29.3 Å². The molecule has 1 aromatic carbocycles. The summed E-state index contributed by atoms with van der Waals surface area (Å²) < 4.78 is 1.52. The molecule has 0 unspecified atom stereocenters. The molecule has 29 heavy (non-hydrogen) atoms. The lowest BCUT2D eigenvalue weighted by Crippen LogP contribution is -2.49. The zero-order valence-corrected chi connectivity index (χ0v) is 17.4. The number of nitrogens with zero attached hydrogens (tertiary/aromatic N) is 5. The zero-order valence-electron chi connectivity index (χ0n) is 16.6. The van der Waals surface area contributed by atoms with Crippen molar-refractivity contribution in [3.8, 4) is 0 Å². The van der Waals surface area contributed by atoms with E-state index in [1.54, 1.807) is 19.2 Å². The normalized spacial score (nSPS) is 21.5. The SMILES string of the molecule is Cn1nnnc1SCC(=O)Nc1ccc(C(=O)N2CCC[C@H]3CCCC[C@H]32)cc1. The van der Waals surface area contributed by atoms with Crippen LogP contribution in [0.25, 0.3) is 0 Å². The van der Waals surface area contributed by atoms with Gasteiger partial charge in [0.1, 0.15) is 0 Å². The number of hydrogen-bond donors (Lipinski definition) is 1. The summed E-state index contributed by atoms with van der Waals surface area (Å²) >= 11 is 1.27. The Balaban J connectivity index is 1.34. The second-order valence-electron chi connectivity index (χ2n) is 7.75. The number of hydrogen-bond acceptors (Lipinski definition) is 6. The molecule has 2 aliphatic rings. The first-order valence-electron chi connectivity index (χ1n) is 10.2. The molecule has 2 aromatic rings. The fraction of sp³-hybridized carbons (Fsp3) is 0.550. The number of anilines is 1. The highest BCUT2D eigenvalue weighted by atomic mass is 32.2. The van der Waals surface area contributed by atoms with Gasteiger partial charge in [-0.2, -0.15) is 0 Å². The van der Waals surface area contributed by atoms with Gasteiger partial charge >= 0.3 is 0 Å². The van der Waals surface area contributed by atoms with Crippen molar-refractivity contribution in [3.63, 3.8) is 0 Å². The smallest absolute Gasteiger partial charge is 0.254 e. The second-order valence-corrected chi connectivity index (χ2v) is 8.69. The first-order chi connectivity index (χ1) is 14.1. The summed E-state index contributed by atoms with van der Waals surface area (Å²) in [6, 6.07) is 7.61. The van der Waals surface area contributed by atoms with Crippen LogP contribution in [0.3, 0.4) is 0 Å². The molecule has 1 aromatic heterocycles. The summed E-state index contributed by atoms with van der Waals surface area (Å²) in [7, 11) is 1.73. The van der Waals surface area contributed by atoms with Crippen LogP contribution in [0.4, 0.5) is 5.69 Å². The van der Waals surface area contributed by atoms with Crippen molar-refractivity contribution < 1.29 is 9.59 Å². The molecule has 1 aliphatic carbocycles. The van der Waals surface area contributed by atoms with E-state index in [9.17, 15) is 9.59 Å². The maximum atomic E-state index is 13.1. The molecule has 8 nitrogen and oxygen atoms in total. The Hall–Kier alpha value is -2.42. The molecule has 2 amide bonds. The Morgan fingerprint density at radius 2 is 1.90 bits per heavy atom. The number of rotatable bonds is 5. The first kappa shape index (κ1) is 19.9. The summed E-state index contributed by atoms with van der Waals surface area (Å²) in [5, 5.41) is 14.6. The van der Waals surface area contributed by atoms with E-state index in [2.05, 4.69) is 25.7 Å². The van der Waals surface area contributed by atoms with Gasteiger partial charge in [0.15, 0.2) is 0 Å². The number of aryl methyl sites for hydroxylation is 1. The number of tetrazole rings is 1. The van der Waals surface area contributed by atoms with Crippen LogP contribution < -0.4 is 5.32 Å². The van der Waals surface area contributed by atoms with E-state index in [1.165, 1.54) is 42.1 Å². The third kappa shape index (κ3) is 4.60. The van der Waals surface area contributed by atoms with E-state index in [0.717, 1.165) is 19.4 Å². The fourth-order valence-electron chi connectivity index (χ4n) is 4.41. The summed E-state index contributed by atoms with van der Waals surface area (Å²) in [5.41, 5.74) is 1.37. The summed E-state index contributed by atoms with van der Waals surface area (Å²) in [6.45, 7) is 0.854. The highest BCUT2D eigenvalue weighted by Gasteiger charge is 2.35. The molecule has 4 rings (SSSR count). The van der Waals surface area contributed by atoms with Crippen molar-refractivity contribution in [2.45, 2.75) is 49.7 Å². The highest BCUT2D eigenvalue weighted by molar-refractivity contribution is 7.99. The van der Waals surface area contributed by atoms with Gasteiger partial charge in [0, 0.05) is 30.9 Å². The Bertz CT molecular complexity index is 866. The first-order valence-corrected chi connectivity index (χ1v) is 11.2. The number of carbonyl (C=O) groups excluding carboxylic acids is 2. The van der Waals surface area contributed by atoms with Gasteiger partial charge in [-0.05, 0) is 66.3 Å². The van der Waals surface area contributed by atoms with Gasteiger partial charge in [0.25, 0.3) is 5.91 Å². The lowest BCUT2D eigenvalue weighted by atomic mass is 9.78. The fourth-order valence-corrected chi connectivity index (χ4v) is 5.06. The second kappa shape index (κ2) is 8.94. The Morgan fingerprint density at radius 3 is 2.66 bits per heavy atom. The number of aromatic nitrogens is 4. The molecule has 2 heterocycles. The molecule has 154 valence electrons. The van der Waals surface area contributed by atoms with Crippen LogP contribution in [0, 0.1) is 5.92 Å². The van der Waals surface area contributed by atoms with Gasteiger partial charge in [-0.25, -0.2) is 4.68 Å². The predicted molar refractivity (Wildman–Crippen MR) is 111 cm³/mol. The minimum Gasteiger partial charge on any atom is -0.335 e. The van der Waals surface area contributed by atoms with Gasteiger partial charge in [-0.3, -0.25) is 9.59 Å². The summed E-state index contributed by atoms with van der Waals surface area (Å²) in [5.74, 6) is 0.857. The van der Waals surface area contributed by atoms with Gasteiger partial charge < -0.3 is 10.2 Å². The van der Waals surface area contributed by atoms with Crippen molar-refractivity contribution in [2.24, 2.45) is 13.0 Å². The van der Waals surface area contributed by atoms with Crippen molar-refractivity contribution in [2.75, 3.05) is 17.6 Å². The van der Waals surface area contributed by atoms with Crippen LogP contribution >= 0.6 is 11.8 Å². The van der Waals surface area contributed by atoms with E-state index < -0.39 is 0 Å². The minimum absolute atomic E-state index is 0.116. The van der Waals surface area contributed by atoms with Crippen molar-refractivity contribution in [1.82, 2.24) is 25.1 Å². The number of amides is 2. The van der Waals surface area contributed by atoms with E-state index in [-0.39, 0.29) is 17.6 Å². The largest absolute Gasteiger partial charge is 0.335 e. The quantitative estimate of drug-likeness (QED) is 0.756. The van der Waals surface area contributed by atoms with E-state index in [0.29, 0.717) is 28.4 Å². The van der Waals surface area contributed by atoms with Crippen molar-refractivity contribution in [3.05, 3.63) is 29.8 Å². The van der Waals surface area contributed by atoms with Gasteiger partial charge in [0.05, 0.1) is 5.75 Å². The minimum atomic E-state index is -0.141. The summed E-state index contributed by atoms with van der Waals surface area (Å²) in [6.07, 6.45) is 7.24. The van der Waals surface area contributed by atoms with Gasteiger partial charge in [0.2, 0.25) is 11.1 Å². The monoisotopic (exact) mass is 414 g/mol. The molecular weight excluding hydrogens is 388 g/mol. The number of likely N-dealkylation sites (tertiary alicyclic amines) is 1. The third-order valence-corrected chi connectivity index (χ3v) is 6.84. The molecular formula is C20H26N6O2S. The van der Waals surface area contributed by atoms with E-state index in [1.807, 2.05) is 12.1 Å². The molecule has 0 radical (unpaired) electrons. The number of benzene rings is 1. The zero-order chi connectivity index (χ0) is 20.2. The molecule has 0 spiro atoms. The predicted octanol–water partition coefficient (Wildman–Crippen LogP) is 2.74.